The molecule has 0 aliphatic rings. The minimum atomic E-state index is 0.277. The molecule has 102 valence electrons. The maximum atomic E-state index is 8.79. The van der Waals surface area contributed by atoms with Crippen molar-refractivity contribution in [3.05, 3.63) is 29.8 Å². The van der Waals surface area contributed by atoms with Gasteiger partial charge in [-0.3, -0.25) is 0 Å². The lowest BCUT2D eigenvalue weighted by Gasteiger charge is -2.20. The van der Waals surface area contributed by atoms with E-state index in [4.69, 9.17) is 9.84 Å². The van der Waals surface area contributed by atoms with E-state index >= 15 is 0 Å². The number of ether oxygens (including phenoxy) is 1. The second-order valence-corrected chi connectivity index (χ2v) is 4.89. The first kappa shape index (κ1) is 15.0. The van der Waals surface area contributed by atoms with Crippen molar-refractivity contribution < 1.29 is 9.84 Å². The Kier molecular flexibility index (Phi) is 6.76. The van der Waals surface area contributed by atoms with Crippen LogP contribution >= 0.6 is 0 Å². The number of nitrogens with one attached hydrogen (secondary N) is 1. The highest BCUT2D eigenvalue weighted by molar-refractivity contribution is 5.27. The lowest BCUT2D eigenvalue weighted by Crippen LogP contribution is -2.35. The van der Waals surface area contributed by atoms with Crippen molar-refractivity contribution in [3.63, 3.8) is 0 Å². The molecule has 2 N–H and O–H groups in total. The molecule has 0 fully saturated rings. The third-order valence-corrected chi connectivity index (χ3v) is 3.07. The molecule has 18 heavy (non-hydrogen) atoms. The van der Waals surface area contributed by atoms with E-state index in [0.717, 1.165) is 25.0 Å². The predicted molar refractivity (Wildman–Crippen MR) is 75.1 cm³/mol. The molecular weight excluding hydrogens is 226 g/mol. The normalized spacial score (nSPS) is 14.2. The van der Waals surface area contributed by atoms with E-state index in [-0.39, 0.29) is 6.61 Å². The molecule has 3 heteroatoms. The SMILES string of the molecule is COc1ccc(CC(C)NC(C)CCCO)cc1. The highest BCUT2D eigenvalue weighted by Gasteiger charge is 2.08. The van der Waals surface area contributed by atoms with Crippen molar-refractivity contribution in [2.24, 2.45) is 0 Å². The Hall–Kier alpha value is -1.06. The van der Waals surface area contributed by atoms with E-state index in [0.29, 0.717) is 12.1 Å². The fourth-order valence-corrected chi connectivity index (χ4v) is 2.14. The number of aliphatic hydroxyl groups excluding tert-OH is 1. The van der Waals surface area contributed by atoms with Crippen molar-refractivity contribution in [2.75, 3.05) is 13.7 Å². The molecule has 1 aromatic carbocycles. The Morgan fingerprint density at radius 3 is 2.39 bits per heavy atom. The molecule has 0 heterocycles. The molecule has 0 saturated heterocycles. The van der Waals surface area contributed by atoms with E-state index in [2.05, 4.69) is 31.3 Å². The molecule has 0 bridgehead atoms. The van der Waals surface area contributed by atoms with Gasteiger partial charge >= 0.3 is 0 Å². The monoisotopic (exact) mass is 251 g/mol. The summed E-state index contributed by atoms with van der Waals surface area (Å²) in [5, 5.41) is 12.3. The molecule has 0 aliphatic heterocycles. The number of aliphatic hydroxyl groups is 1. The summed E-state index contributed by atoms with van der Waals surface area (Å²) in [6.45, 7) is 4.64. The minimum absolute atomic E-state index is 0.277. The van der Waals surface area contributed by atoms with Gasteiger partial charge in [-0.1, -0.05) is 12.1 Å². The van der Waals surface area contributed by atoms with Crippen LogP contribution in [-0.4, -0.2) is 30.9 Å². The molecule has 1 rings (SSSR count). The number of hydrogen-bond donors (Lipinski definition) is 2. The first-order chi connectivity index (χ1) is 8.65. The Labute approximate surface area is 110 Å². The second-order valence-electron chi connectivity index (χ2n) is 4.89. The first-order valence-corrected chi connectivity index (χ1v) is 6.65. The predicted octanol–water partition coefficient (Wildman–Crippen LogP) is 2.38. The lowest BCUT2D eigenvalue weighted by molar-refractivity contribution is 0.274. The number of methoxy groups -OCH3 is 1. The summed E-state index contributed by atoms with van der Waals surface area (Å²) in [7, 11) is 1.68. The van der Waals surface area contributed by atoms with Crippen LogP contribution in [0.1, 0.15) is 32.3 Å². The van der Waals surface area contributed by atoms with Crippen LogP contribution in [0.5, 0.6) is 5.75 Å². The zero-order valence-electron chi connectivity index (χ0n) is 11.6. The third-order valence-electron chi connectivity index (χ3n) is 3.07. The maximum Gasteiger partial charge on any atom is 0.118 e. The summed E-state index contributed by atoms with van der Waals surface area (Å²) >= 11 is 0. The number of hydrogen-bond acceptors (Lipinski definition) is 3. The lowest BCUT2D eigenvalue weighted by atomic mass is 10.1. The Balaban J connectivity index is 2.36. The van der Waals surface area contributed by atoms with Gasteiger partial charge < -0.3 is 15.2 Å². The Bertz CT molecular complexity index is 324. The van der Waals surface area contributed by atoms with Gasteiger partial charge in [-0.15, -0.1) is 0 Å². The van der Waals surface area contributed by atoms with Gasteiger partial charge in [0.1, 0.15) is 5.75 Å². The van der Waals surface area contributed by atoms with Gasteiger partial charge in [-0.2, -0.15) is 0 Å². The fourth-order valence-electron chi connectivity index (χ4n) is 2.14. The summed E-state index contributed by atoms with van der Waals surface area (Å²) < 4.78 is 5.14. The third kappa shape index (κ3) is 5.52. The fraction of sp³-hybridized carbons (Fsp3) is 0.600. The van der Waals surface area contributed by atoms with Crippen LogP contribution in [0.15, 0.2) is 24.3 Å². The van der Waals surface area contributed by atoms with Crippen LogP contribution in [0.4, 0.5) is 0 Å². The van der Waals surface area contributed by atoms with Crippen LogP contribution in [0, 0.1) is 0 Å². The van der Waals surface area contributed by atoms with Crippen LogP contribution in [-0.2, 0) is 6.42 Å². The Morgan fingerprint density at radius 2 is 1.83 bits per heavy atom. The molecule has 0 radical (unpaired) electrons. The average molecular weight is 251 g/mol. The smallest absolute Gasteiger partial charge is 0.118 e. The maximum absolute atomic E-state index is 8.79. The van der Waals surface area contributed by atoms with E-state index < -0.39 is 0 Å². The topological polar surface area (TPSA) is 41.5 Å². The van der Waals surface area contributed by atoms with Crippen molar-refractivity contribution in [2.45, 2.75) is 45.2 Å². The van der Waals surface area contributed by atoms with E-state index in [1.165, 1.54) is 5.56 Å². The molecule has 2 unspecified atom stereocenters. The molecule has 0 spiro atoms. The second kappa shape index (κ2) is 8.11. The largest absolute Gasteiger partial charge is 0.497 e. The van der Waals surface area contributed by atoms with E-state index in [9.17, 15) is 0 Å². The van der Waals surface area contributed by atoms with E-state index in [1.807, 2.05) is 12.1 Å². The van der Waals surface area contributed by atoms with Gasteiger partial charge in [0.05, 0.1) is 7.11 Å². The quantitative estimate of drug-likeness (QED) is 0.745. The zero-order chi connectivity index (χ0) is 13.4. The molecule has 3 nitrogen and oxygen atoms in total. The minimum Gasteiger partial charge on any atom is -0.497 e. The van der Waals surface area contributed by atoms with E-state index in [1.54, 1.807) is 7.11 Å². The van der Waals surface area contributed by atoms with Crippen molar-refractivity contribution in [1.82, 2.24) is 5.32 Å². The van der Waals surface area contributed by atoms with Gasteiger partial charge in [-0.05, 0) is 50.8 Å². The van der Waals surface area contributed by atoms with Gasteiger partial charge in [0.2, 0.25) is 0 Å². The van der Waals surface area contributed by atoms with Gasteiger partial charge in [0.25, 0.3) is 0 Å². The summed E-state index contributed by atoms with van der Waals surface area (Å²) in [5.41, 5.74) is 1.31. The van der Waals surface area contributed by atoms with Gasteiger partial charge in [0.15, 0.2) is 0 Å². The molecular formula is C15H25NO2. The number of rotatable bonds is 8. The van der Waals surface area contributed by atoms with Crippen LogP contribution < -0.4 is 10.1 Å². The van der Waals surface area contributed by atoms with Gasteiger partial charge in [-0.25, -0.2) is 0 Å². The molecule has 0 amide bonds. The highest BCUT2D eigenvalue weighted by Crippen LogP contribution is 2.13. The van der Waals surface area contributed by atoms with Gasteiger partial charge in [0, 0.05) is 18.7 Å². The average Bonchev–Trinajstić information content (AvgIpc) is 2.37. The number of benzene rings is 1. The molecule has 0 aliphatic carbocycles. The molecule has 0 aromatic heterocycles. The molecule has 2 atom stereocenters. The standard InChI is InChI=1S/C15H25NO2/c1-12(5-4-10-17)16-13(2)11-14-6-8-15(18-3)9-7-14/h6-9,12-13,16-17H,4-5,10-11H2,1-3H3. The summed E-state index contributed by atoms with van der Waals surface area (Å²) in [5.74, 6) is 0.899. The summed E-state index contributed by atoms with van der Waals surface area (Å²) in [6, 6.07) is 9.09. The van der Waals surface area contributed by atoms with Crippen LogP contribution in [0.2, 0.25) is 0 Å². The first-order valence-electron chi connectivity index (χ1n) is 6.65. The van der Waals surface area contributed by atoms with Crippen molar-refractivity contribution in [1.29, 1.82) is 0 Å². The van der Waals surface area contributed by atoms with Crippen molar-refractivity contribution >= 4 is 0 Å². The van der Waals surface area contributed by atoms with Crippen molar-refractivity contribution in [3.8, 4) is 5.75 Å². The van der Waals surface area contributed by atoms with Crippen LogP contribution in [0.3, 0.4) is 0 Å². The highest BCUT2D eigenvalue weighted by atomic mass is 16.5. The molecule has 1 aromatic rings. The molecule has 0 saturated carbocycles. The Morgan fingerprint density at radius 1 is 1.17 bits per heavy atom. The van der Waals surface area contributed by atoms with Crippen LogP contribution in [0.25, 0.3) is 0 Å². The zero-order valence-corrected chi connectivity index (χ0v) is 11.6. The summed E-state index contributed by atoms with van der Waals surface area (Å²) in [4.78, 5) is 0. The summed E-state index contributed by atoms with van der Waals surface area (Å²) in [6.07, 6.45) is 2.89.